The van der Waals surface area contributed by atoms with E-state index < -0.39 is 0 Å². The average Bonchev–Trinajstić information content (AvgIpc) is 3.07. The Labute approximate surface area is 243 Å². The summed E-state index contributed by atoms with van der Waals surface area (Å²) in [4.78, 5) is 12.6. The van der Waals surface area contributed by atoms with Gasteiger partial charge in [-0.15, -0.1) is 4.98 Å². The summed E-state index contributed by atoms with van der Waals surface area (Å²) in [5.74, 6) is 0.384. The molecule has 2 aromatic heterocycles. The van der Waals surface area contributed by atoms with Crippen LogP contribution < -0.4 is 0 Å². The fourth-order valence-electron chi connectivity index (χ4n) is 5.72. The molecule has 0 aliphatic carbocycles. The van der Waals surface area contributed by atoms with Crippen LogP contribution in [0.15, 0.2) is 133 Å². The smallest absolute Gasteiger partial charge is 0.270 e. The Morgan fingerprint density at radius 1 is 0.500 bits per heavy atom. The van der Waals surface area contributed by atoms with E-state index in [0.717, 1.165) is 66.3 Å². The van der Waals surface area contributed by atoms with Crippen molar-refractivity contribution in [3.05, 3.63) is 151 Å². The van der Waals surface area contributed by atoms with Gasteiger partial charge < -0.3 is 4.85 Å². The number of fused-ring (bicyclic) bond motifs is 2. The Hall–Kier alpha value is -6.10. The van der Waals surface area contributed by atoms with Crippen molar-refractivity contribution in [1.29, 1.82) is 5.26 Å². The lowest BCUT2D eigenvalue weighted by Crippen LogP contribution is -1.92. The maximum absolute atomic E-state index is 9.38. The third kappa shape index (κ3) is 4.34. The summed E-state index contributed by atoms with van der Waals surface area (Å²) >= 11 is 0. The summed E-state index contributed by atoms with van der Waals surface area (Å²) in [5.41, 5.74) is 8.38. The van der Waals surface area contributed by atoms with Gasteiger partial charge in [-0.2, -0.15) is 5.26 Å². The van der Waals surface area contributed by atoms with Crippen molar-refractivity contribution in [2.24, 2.45) is 0 Å². The van der Waals surface area contributed by atoms with Crippen molar-refractivity contribution in [3.63, 3.8) is 0 Å². The third-order valence-corrected chi connectivity index (χ3v) is 7.54. The molecular formula is C38H22N4. The second-order valence-corrected chi connectivity index (χ2v) is 10.0. The zero-order chi connectivity index (χ0) is 28.5. The molecule has 0 spiro atoms. The largest absolute Gasteiger partial charge is 0.361 e. The summed E-state index contributed by atoms with van der Waals surface area (Å²) in [6.45, 7) is 7.38. The van der Waals surface area contributed by atoms with Crippen LogP contribution in [0.25, 0.3) is 71.2 Å². The highest BCUT2D eigenvalue weighted by atomic mass is 14.9. The quantitative estimate of drug-likeness (QED) is 0.167. The van der Waals surface area contributed by atoms with E-state index in [4.69, 9.17) is 6.57 Å². The van der Waals surface area contributed by atoms with Crippen LogP contribution in [0.1, 0.15) is 5.69 Å². The molecule has 4 nitrogen and oxygen atoms in total. The molecule has 42 heavy (non-hydrogen) atoms. The van der Waals surface area contributed by atoms with Crippen molar-refractivity contribution in [3.8, 4) is 50.8 Å². The molecule has 0 atom stereocenters. The summed E-state index contributed by atoms with van der Waals surface area (Å²) in [7, 11) is 0. The summed E-state index contributed by atoms with van der Waals surface area (Å²) < 4.78 is 0. The monoisotopic (exact) mass is 534 g/mol. The van der Waals surface area contributed by atoms with E-state index in [1.54, 1.807) is 12.1 Å². The normalized spacial score (nSPS) is 10.8. The van der Waals surface area contributed by atoms with Gasteiger partial charge in [0.2, 0.25) is 0 Å². The number of aromatic nitrogens is 2. The molecule has 7 aromatic rings. The molecule has 0 N–H and O–H groups in total. The second-order valence-electron chi connectivity index (χ2n) is 10.0. The Kier molecular flexibility index (Phi) is 6.21. The van der Waals surface area contributed by atoms with E-state index in [1.165, 1.54) is 0 Å². The van der Waals surface area contributed by atoms with Crippen molar-refractivity contribution in [1.82, 2.24) is 9.97 Å². The molecule has 0 bridgehead atoms. The van der Waals surface area contributed by atoms with E-state index in [9.17, 15) is 5.26 Å². The molecule has 0 unspecified atom stereocenters. The minimum Gasteiger partial charge on any atom is -0.361 e. The molecule has 0 aliphatic rings. The highest BCUT2D eigenvalue weighted by Gasteiger charge is 2.18. The fraction of sp³-hybridized carbons (Fsp3) is 0. The number of nitrogens with zero attached hydrogens (tertiary/aromatic N) is 4. The van der Waals surface area contributed by atoms with Gasteiger partial charge in [0.1, 0.15) is 11.8 Å². The molecule has 194 valence electrons. The van der Waals surface area contributed by atoms with Gasteiger partial charge in [0, 0.05) is 11.1 Å². The van der Waals surface area contributed by atoms with Crippen molar-refractivity contribution < 1.29 is 0 Å². The van der Waals surface area contributed by atoms with E-state index >= 15 is 0 Å². The molecular weight excluding hydrogens is 512 g/mol. The minimum atomic E-state index is 0.384. The van der Waals surface area contributed by atoms with Crippen molar-refractivity contribution in [2.45, 2.75) is 0 Å². The number of rotatable bonds is 4. The topological polar surface area (TPSA) is 53.9 Å². The molecule has 0 saturated heterocycles. The highest BCUT2D eigenvalue weighted by Crippen LogP contribution is 2.44. The van der Waals surface area contributed by atoms with Gasteiger partial charge in [0.15, 0.2) is 5.69 Å². The minimum absolute atomic E-state index is 0.384. The first kappa shape index (κ1) is 24.9. The molecule has 0 radical (unpaired) electrons. The first-order chi connectivity index (χ1) is 20.7. The van der Waals surface area contributed by atoms with E-state index in [-0.39, 0.29) is 0 Å². The van der Waals surface area contributed by atoms with Crippen LogP contribution in [0.5, 0.6) is 0 Å². The molecule has 4 heteroatoms. The van der Waals surface area contributed by atoms with Crippen LogP contribution >= 0.6 is 0 Å². The van der Waals surface area contributed by atoms with Crippen LogP contribution in [0, 0.1) is 17.9 Å². The Morgan fingerprint density at radius 3 is 1.45 bits per heavy atom. The van der Waals surface area contributed by atoms with Crippen molar-refractivity contribution in [2.75, 3.05) is 0 Å². The maximum Gasteiger partial charge on any atom is 0.270 e. The standard InChI is InChI=1S/C38H22N4/c1-40-36-21-9-20-35(42-36)26-11-7-13-28(23-26)38-32-17-4-2-15-30(32)37(31-16-3-5-18-33(31)38)27-12-6-10-25(22-27)34-19-8-14-29(24-39)41-34/h2-23H. The lowest BCUT2D eigenvalue weighted by Gasteiger charge is -2.18. The van der Waals surface area contributed by atoms with Gasteiger partial charge in [-0.3, -0.25) is 0 Å². The van der Waals surface area contributed by atoms with E-state index in [0.29, 0.717) is 11.5 Å². The molecule has 7 rings (SSSR count). The number of pyridine rings is 2. The lowest BCUT2D eigenvalue weighted by atomic mass is 9.85. The predicted octanol–water partition coefficient (Wildman–Crippen LogP) is 9.87. The highest BCUT2D eigenvalue weighted by molar-refractivity contribution is 6.21. The molecule has 5 aromatic carbocycles. The number of hydrogen-bond acceptors (Lipinski definition) is 3. The van der Waals surface area contributed by atoms with Gasteiger partial charge in [-0.1, -0.05) is 104 Å². The van der Waals surface area contributed by atoms with Crippen LogP contribution in [0.2, 0.25) is 0 Å². The average molecular weight is 535 g/mol. The van der Waals surface area contributed by atoms with Gasteiger partial charge >= 0.3 is 0 Å². The third-order valence-electron chi connectivity index (χ3n) is 7.54. The Bertz CT molecular complexity index is 2020. The Morgan fingerprint density at radius 2 is 0.952 bits per heavy atom. The lowest BCUT2D eigenvalue weighted by molar-refractivity contribution is 1.27. The number of nitriles is 1. The zero-order valence-electron chi connectivity index (χ0n) is 22.5. The van der Waals surface area contributed by atoms with Crippen LogP contribution in [0.4, 0.5) is 5.82 Å². The van der Waals surface area contributed by atoms with Gasteiger partial charge in [0.25, 0.3) is 5.82 Å². The Balaban J connectivity index is 1.47. The summed E-state index contributed by atoms with van der Waals surface area (Å²) in [6, 6.07) is 47.1. The second kappa shape index (κ2) is 10.5. The summed E-state index contributed by atoms with van der Waals surface area (Å²) in [5, 5.41) is 14.0. The van der Waals surface area contributed by atoms with Gasteiger partial charge in [0.05, 0.1) is 5.69 Å². The van der Waals surface area contributed by atoms with E-state index in [1.807, 2.05) is 36.4 Å². The molecule has 2 heterocycles. The predicted molar refractivity (Wildman–Crippen MR) is 170 cm³/mol. The van der Waals surface area contributed by atoms with E-state index in [2.05, 4.69) is 106 Å². The first-order valence-electron chi connectivity index (χ1n) is 13.6. The summed E-state index contributed by atoms with van der Waals surface area (Å²) in [6.07, 6.45) is 0. The van der Waals surface area contributed by atoms with Crippen LogP contribution in [-0.4, -0.2) is 9.97 Å². The fourth-order valence-corrected chi connectivity index (χ4v) is 5.72. The maximum atomic E-state index is 9.38. The molecule has 0 fully saturated rings. The van der Waals surface area contributed by atoms with Crippen LogP contribution in [-0.2, 0) is 0 Å². The zero-order valence-corrected chi connectivity index (χ0v) is 22.5. The SMILES string of the molecule is [C-]#[N+]c1cccc(-c2cccc(-c3c4ccccc4c(-c4cccc(-c5cccc(C#N)n5)c4)c4ccccc34)c2)n1. The van der Waals surface area contributed by atoms with Crippen molar-refractivity contribution >= 4 is 27.4 Å². The van der Waals surface area contributed by atoms with Gasteiger partial charge in [-0.05, 0) is 80.2 Å². The molecule has 0 amide bonds. The molecule has 0 saturated carbocycles. The first-order valence-corrected chi connectivity index (χ1v) is 13.6. The number of benzene rings is 5. The van der Waals surface area contributed by atoms with Gasteiger partial charge in [-0.25, -0.2) is 4.98 Å². The number of hydrogen-bond donors (Lipinski definition) is 0. The van der Waals surface area contributed by atoms with Crippen LogP contribution in [0.3, 0.4) is 0 Å². The molecule has 0 aliphatic heterocycles.